The highest BCUT2D eigenvalue weighted by molar-refractivity contribution is 9.11. The average Bonchev–Trinajstić information content (AvgIpc) is 2.66. The molecule has 1 fully saturated rings. The second-order valence-corrected chi connectivity index (χ2v) is 5.05. The van der Waals surface area contributed by atoms with E-state index in [9.17, 15) is 5.11 Å². The Morgan fingerprint density at radius 2 is 2.13 bits per heavy atom. The zero-order valence-electron chi connectivity index (χ0n) is 7.85. The number of nitrogens with one attached hydrogen (secondary N) is 2. The van der Waals surface area contributed by atoms with Crippen molar-refractivity contribution >= 4 is 37.9 Å². The Labute approximate surface area is 105 Å². The van der Waals surface area contributed by atoms with Crippen LogP contribution >= 0.6 is 31.9 Å². The minimum Gasteiger partial charge on any atom is -0.506 e. The van der Waals surface area contributed by atoms with Crippen molar-refractivity contribution in [3.8, 4) is 5.75 Å². The maximum Gasteiger partial charge on any atom is 0.137 e. The van der Waals surface area contributed by atoms with Crippen molar-refractivity contribution in [3.63, 3.8) is 0 Å². The molecule has 0 spiro atoms. The lowest BCUT2D eigenvalue weighted by molar-refractivity contribution is 0.470. The molecule has 1 heterocycles. The molecule has 0 radical (unpaired) electrons. The summed E-state index contributed by atoms with van der Waals surface area (Å²) in [6, 6.07) is 3.70. The average molecular weight is 334 g/mol. The maximum atomic E-state index is 9.82. The number of rotatable bonds is 1. The van der Waals surface area contributed by atoms with Gasteiger partial charge in [0.05, 0.1) is 11.1 Å². The fourth-order valence-electron chi connectivity index (χ4n) is 1.42. The van der Waals surface area contributed by atoms with Gasteiger partial charge in [0.1, 0.15) is 5.75 Å². The number of hydrogen-bond donors (Lipinski definition) is 3. The van der Waals surface area contributed by atoms with Crippen molar-refractivity contribution in [1.29, 1.82) is 0 Å². The van der Waals surface area contributed by atoms with Crippen molar-refractivity contribution in [2.75, 3.05) is 13.2 Å². The first-order chi connectivity index (χ1) is 7.16. The number of aromatic hydroxyl groups is 1. The van der Waals surface area contributed by atoms with Crippen molar-refractivity contribution in [3.05, 3.63) is 32.3 Å². The topological polar surface area (TPSA) is 44.3 Å². The van der Waals surface area contributed by atoms with Gasteiger partial charge < -0.3 is 10.4 Å². The summed E-state index contributed by atoms with van der Waals surface area (Å²) < 4.78 is 1.62. The molecule has 15 heavy (non-hydrogen) atoms. The molecule has 1 aromatic rings. The van der Waals surface area contributed by atoms with E-state index >= 15 is 0 Å². The van der Waals surface area contributed by atoms with Crippen molar-refractivity contribution < 1.29 is 5.11 Å². The van der Waals surface area contributed by atoms with Gasteiger partial charge in [-0.15, -0.1) is 0 Å². The van der Waals surface area contributed by atoms with Gasteiger partial charge in [-0.2, -0.15) is 0 Å². The summed E-state index contributed by atoms with van der Waals surface area (Å²) in [5.41, 5.74) is 1.87. The van der Waals surface area contributed by atoms with E-state index in [0.29, 0.717) is 4.47 Å². The molecule has 1 aromatic carbocycles. The molecule has 2 rings (SSSR count). The van der Waals surface area contributed by atoms with Gasteiger partial charge in [0.25, 0.3) is 0 Å². The summed E-state index contributed by atoms with van der Waals surface area (Å²) in [5, 5.41) is 16.2. The highest BCUT2D eigenvalue weighted by atomic mass is 79.9. The smallest absolute Gasteiger partial charge is 0.137 e. The van der Waals surface area contributed by atoms with Gasteiger partial charge in [-0.1, -0.05) is 15.9 Å². The highest BCUT2D eigenvalue weighted by Crippen LogP contribution is 2.32. The van der Waals surface area contributed by atoms with Crippen LogP contribution in [0.5, 0.6) is 5.75 Å². The zero-order valence-corrected chi connectivity index (χ0v) is 11.0. The minimum absolute atomic E-state index is 0.263. The molecule has 0 bridgehead atoms. The molecule has 1 aliphatic rings. The van der Waals surface area contributed by atoms with Crippen LogP contribution in [-0.4, -0.2) is 18.3 Å². The molecule has 3 N–H and O–H groups in total. The van der Waals surface area contributed by atoms with E-state index in [1.807, 2.05) is 18.2 Å². The molecular weight excluding hydrogens is 324 g/mol. The minimum atomic E-state index is 0.263. The predicted molar refractivity (Wildman–Crippen MR) is 67.5 cm³/mol. The van der Waals surface area contributed by atoms with Crippen LogP contribution < -0.4 is 10.6 Å². The number of phenols is 1. The summed E-state index contributed by atoms with van der Waals surface area (Å²) >= 11 is 6.69. The first-order valence-electron chi connectivity index (χ1n) is 4.50. The van der Waals surface area contributed by atoms with Crippen LogP contribution in [-0.2, 0) is 0 Å². The normalized spacial score (nSPS) is 18.1. The van der Waals surface area contributed by atoms with Gasteiger partial charge in [-0.3, -0.25) is 5.32 Å². The molecule has 1 aliphatic heterocycles. The van der Waals surface area contributed by atoms with Crippen LogP contribution in [0.4, 0.5) is 0 Å². The molecule has 0 unspecified atom stereocenters. The van der Waals surface area contributed by atoms with Gasteiger partial charge >= 0.3 is 0 Å². The van der Waals surface area contributed by atoms with Crippen molar-refractivity contribution in [2.24, 2.45) is 0 Å². The Morgan fingerprint density at radius 3 is 2.80 bits per heavy atom. The van der Waals surface area contributed by atoms with E-state index in [4.69, 9.17) is 0 Å². The molecule has 5 heteroatoms. The van der Waals surface area contributed by atoms with Crippen LogP contribution in [0.3, 0.4) is 0 Å². The molecule has 80 valence electrons. The second kappa shape index (κ2) is 4.55. The molecule has 3 nitrogen and oxygen atoms in total. The SMILES string of the molecule is Oc1c(Br)cc(Br)cc1C=C1CNCN1. The van der Waals surface area contributed by atoms with Crippen LogP contribution in [0.2, 0.25) is 0 Å². The van der Waals surface area contributed by atoms with Crippen LogP contribution in [0.15, 0.2) is 26.8 Å². The third-order valence-electron chi connectivity index (χ3n) is 2.14. The fraction of sp³-hybridized carbons (Fsp3) is 0.200. The molecule has 0 amide bonds. The second-order valence-electron chi connectivity index (χ2n) is 3.28. The van der Waals surface area contributed by atoms with E-state index in [1.54, 1.807) is 0 Å². The number of hydrogen-bond acceptors (Lipinski definition) is 3. The van der Waals surface area contributed by atoms with Crippen molar-refractivity contribution in [2.45, 2.75) is 0 Å². The summed E-state index contributed by atoms with van der Waals surface area (Å²) in [6.45, 7) is 1.59. The molecule has 0 saturated carbocycles. The summed E-state index contributed by atoms with van der Waals surface area (Å²) in [4.78, 5) is 0. The van der Waals surface area contributed by atoms with Gasteiger partial charge in [0.2, 0.25) is 0 Å². The van der Waals surface area contributed by atoms with E-state index < -0.39 is 0 Å². The first kappa shape index (κ1) is 11.0. The highest BCUT2D eigenvalue weighted by Gasteiger charge is 2.08. The monoisotopic (exact) mass is 332 g/mol. The Kier molecular flexibility index (Phi) is 3.33. The van der Waals surface area contributed by atoms with E-state index in [0.717, 1.165) is 28.9 Å². The maximum absolute atomic E-state index is 9.82. The molecule has 0 aliphatic carbocycles. The van der Waals surface area contributed by atoms with Crippen LogP contribution in [0.25, 0.3) is 6.08 Å². The first-order valence-corrected chi connectivity index (χ1v) is 6.08. The molecule has 0 atom stereocenters. The zero-order chi connectivity index (χ0) is 10.8. The van der Waals surface area contributed by atoms with Gasteiger partial charge in [-0.25, -0.2) is 0 Å². The van der Waals surface area contributed by atoms with Crippen LogP contribution in [0, 0.1) is 0 Å². The van der Waals surface area contributed by atoms with E-state index in [-0.39, 0.29) is 5.75 Å². The third-order valence-corrected chi connectivity index (χ3v) is 3.21. The standard InChI is InChI=1S/C10H10Br2N2O/c11-7-1-6(10(15)9(12)3-7)2-8-4-13-5-14-8/h1-3,13-15H,4-5H2. The summed E-state index contributed by atoms with van der Waals surface area (Å²) in [7, 11) is 0. The lowest BCUT2D eigenvalue weighted by Gasteiger charge is -2.04. The lowest BCUT2D eigenvalue weighted by Crippen LogP contribution is -2.10. The Morgan fingerprint density at radius 1 is 1.33 bits per heavy atom. The van der Waals surface area contributed by atoms with Crippen LogP contribution in [0.1, 0.15) is 5.56 Å². The fourth-order valence-corrected chi connectivity index (χ4v) is 2.68. The quantitative estimate of drug-likeness (QED) is 0.739. The Balaban J connectivity index is 2.39. The van der Waals surface area contributed by atoms with Gasteiger partial charge in [0.15, 0.2) is 0 Å². The summed E-state index contributed by atoms with van der Waals surface area (Å²) in [5.74, 6) is 0.263. The Hall–Kier alpha value is -0.520. The Bertz CT molecular complexity index is 410. The van der Waals surface area contributed by atoms with Gasteiger partial charge in [-0.05, 0) is 34.1 Å². The lowest BCUT2D eigenvalue weighted by atomic mass is 10.1. The molecule has 1 saturated heterocycles. The predicted octanol–water partition coefficient (Wildman–Crippen LogP) is 2.41. The number of benzene rings is 1. The largest absolute Gasteiger partial charge is 0.506 e. The van der Waals surface area contributed by atoms with Gasteiger partial charge in [0, 0.05) is 22.3 Å². The summed E-state index contributed by atoms with van der Waals surface area (Å²) in [6.07, 6.45) is 1.94. The third kappa shape index (κ3) is 2.53. The van der Waals surface area contributed by atoms with Crippen molar-refractivity contribution in [1.82, 2.24) is 10.6 Å². The van der Waals surface area contributed by atoms with E-state index in [1.165, 1.54) is 0 Å². The molecular formula is C10H10Br2N2O. The molecule has 0 aromatic heterocycles. The number of halogens is 2. The van der Waals surface area contributed by atoms with E-state index in [2.05, 4.69) is 42.5 Å². The number of phenolic OH excluding ortho intramolecular Hbond substituents is 1.